The second kappa shape index (κ2) is 11.8. The second-order valence-electron chi connectivity index (χ2n) is 5.45. The van der Waals surface area contributed by atoms with Gasteiger partial charge in [0.15, 0.2) is 0 Å². The Labute approximate surface area is 198 Å². The summed E-state index contributed by atoms with van der Waals surface area (Å²) in [6.45, 7) is 5.69. The fourth-order valence-corrected chi connectivity index (χ4v) is 3.18. The van der Waals surface area contributed by atoms with E-state index in [1.54, 1.807) is 30.6 Å². The predicted molar refractivity (Wildman–Crippen MR) is 130 cm³/mol. The normalized spacial score (nSPS) is 9.56. The molecule has 0 radical (unpaired) electrons. The van der Waals surface area contributed by atoms with E-state index in [4.69, 9.17) is 15.3 Å². The van der Waals surface area contributed by atoms with Gasteiger partial charge in [0.2, 0.25) is 0 Å². The molecule has 0 aliphatic rings. The van der Waals surface area contributed by atoms with Crippen LogP contribution in [0.25, 0.3) is 0 Å². The number of nitrogens with zero attached hydrogens (tertiary/aromatic N) is 3. The van der Waals surface area contributed by atoms with Crippen molar-refractivity contribution >= 4 is 67.8 Å². The minimum atomic E-state index is 0.227. The summed E-state index contributed by atoms with van der Waals surface area (Å²) < 4.78 is 2.26. The first-order valence-corrected chi connectivity index (χ1v) is 10.8. The van der Waals surface area contributed by atoms with E-state index in [9.17, 15) is 0 Å². The average Bonchev–Trinajstić information content (AvgIpc) is 2.58. The van der Waals surface area contributed by atoms with Gasteiger partial charge >= 0.3 is 0 Å². The summed E-state index contributed by atoms with van der Waals surface area (Å²) in [7, 11) is 0. The third-order valence-corrected chi connectivity index (χ3v) is 5.62. The number of halogens is 3. The van der Waals surface area contributed by atoms with Crippen molar-refractivity contribution in [2.45, 2.75) is 20.8 Å². The lowest BCUT2D eigenvalue weighted by atomic mass is 10.3. The summed E-state index contributed by atoms with van der Waals surface area (Å²) in [4.78, 5) is 11.7. The molecule has 9 heteroatoms. The van der Waals surface area contributed by atoms with Crippen LogP contribution in [0.2, 0.25) is 0 Å². The van der Waals surface area contributed by atoms with Crippen molar-refractivity contribution in [1.82, 2.24) is 15.0 Å². The predicted octanol–water partition coefficient (Wildman–Crippen LogP) is 5.10. The minimum Gasteiger partial charge on any atom is -0.506 e. The van der Waals surface area contributed by atoms with E-state index in [1.165, 1.54) is 6.20 Å². The Kier molecular flexibility index (Phi) is 10.5. The number of hydrogen-bond acceptors (Lipinski definition) is 6. The topological polar surface area (TPSA) is 99.4 Å². The van der Waals surface area contributed by atoms with E-state index in [1.807, 2.05) is 66.0 Å². The summed E-state index contributed by atoms with van der Waals surface area (Å²) >= 11 is 6.12. The summed E-state index contributed by atoms with van der Waals surface area (Å²) in [6, 6.07) is 5.07. The van der Waals surface area contributed by atoms with E-state index in [0.29, 0.717) is 7.40 Å². The van der Waals surface area contributed by atoms with Crippen molar-refractivity contribution in [2.24, 2.45) is 0 Å². The number of aromatic hydroxyl groups is 3. The van der Waals surface area contributed by atoms with Crippen LogP contribution in [0.4, 0.5) is 0 Å². The number of pyridine rings is 3. The molecule has 0 aliphatic heterocycles. The second-order valence-corrected chi connectivity index (χ2v) is 8.51. The fourth-order valence-electron chi connectivity index (χ4n) is 1.63. The molecule has 144 valence electrons. The van der Waals surface area contributed by atoms with Crippen molar-refractivity contribution in [3.05, 3.63) is 64.6 Å². The zero-order chi connectivity index (χ0) is 20.6. The van der Waals surface area contributed by atoms with Crippen LogP contribution in [0.5, 0.6) is 17.2 Å². The first-order chi connectivity index (χ1) is 12.6. The van der Waals surface area contributed by atoms with Gasteiger partial charge in [-0.15, -0.1) is 0 Å². The average molecular weight is 705 g/mol. The van der Waals surface area contributed by atoms with Gasteiger partial charge in [-0.05, 0) is 123 Å². The van der Waals surface area contributed by atoms with Crippen LogP contribution in [0.1, 0.15) is 16.7 Å². The van der Waals surface area contributed by atoms with Gasteiger partial charge in [-0.25, -0.2) is 9.97 Å². The lowest BCUT2D eigenvalue weighted by molar-refractivity contribution is 0.466. The molecule has 0 unspecified atom stereocenters. The third kappa shape index (κ3) is 9.19. The van der Waals surface area contributed by atoms with Gasteiger partial charge < -0.3 is 15.3 Å². The van der Waals surface area contributed by atoms with Crippen LogP contribution in [-0.4, -0.2) is 30.3 Å². The Bertz CT molecular complexity index is 841. The Morgan fingerprint density at radius 1 is 0.704 bits per heavy atom. The number of aryl methyl sites for hydroxylation is 3. The Balaban J connectivity index is 0.000000204. The molecular weight excluding hydrogens is 687 g/mol. The summed E-state index contributed by atoms with van der Waals surface area (Å²) in [5.41, 5.74) is 2.97. The van der Waals surface area contributed by atoms with E-state index < -0.39 is 0 Å². The largest absolute Gasteiger partial charge is 0.506 e. The quantitative estimate of drug-likeness (QED) is 0.223. The highest BCUT2D eigenvalue weighted by Crippen LogP contribution is 2.21. The molecule has 0 saturated heterocycles. The van der Waals surface area contributed by atoms with Gasteiger partial charge in [0.05, 0.1) is 6.20 Å². The summed E-state index contributed by atoms with van der Waals surface area (Å²) in [6.07, 6.45) is 4.83. The van der Waals surface area contributed by atoms with E-state index >= 15 is 0 Å². The summed E-state index contributed by atoms with van der Waals surface area (Å²) in [5.74, 6) is 0.749. The maximum atomic E-state index is 9.15. The van der Waals surface area contributed by atoms with Crippen LogP contribution in [-0.2, 0) is 0 Å². The first kappa shape index (κ1) is 24.1. The number of hydrogen-bond donors (Lipinski definition) is 3. The zero-order valence-corrected chi connectivity index (χ0v) is 21.3. The van der Waals surface area contributed by atoms with Crippen molar-refractivity contribution in [1.29, 1.82) is 0 Å². The van der Waals surface area contributed by atoms with Crippen molar-refractivity contribution in [3.63, 3.8) is 0 Å². The molecule has 0 atom stereocenters. The van der Waals surface area contributed by atoms with E-state index in [2.05, 4.69) is 37.5 Å². The molecule has 6 nitrogen and oxygen atoms in total. The molecule has 3 N–H and O–H groups in total. The highest BCUT2D eigenvalue weighted by atomic mass is 127. The molecule has 3 rings (SSSR count). The molecular formula is C18H18I3N3O3. The molecule has 3 aromatic rings. The molecule has 0 bridgehead atoms. The summed E-state index contributed by atoms with van der Waals surface area (Å²) in [5, 5.41) is 26.9. The molecule has 0 saturated carbocycles. The fraction of sp³-hybridized carbons (Fsp3) is 0.167. The molecule has 0 aliphatic carbocycles. The van der Waals surface area contributed by atoms with Gasteiger partial charge in [-0.1, -0.05) is 0 Å². The lowest BCUT2D eigenvalue weighted by Crippen LogP contribution is -1.89. The Hall–Kier alpha value is -0.960. The Morgan fingerprint density at radius 3 is 1.74 bits per heavy atom. The van der Waals surface area contributed by atoms with Crippen molar-refractivity contribution in [3.8, 4) is 17.2 Å². The molecule has 0 aromatic carbocycles. The van der Waals surface area contributed by atoms with Gasteiger partial charge in [0, 0.05) is 12.4 Å². The highest BCUT2D eigenvalue weighted by molar-refractivity contribution is 14.1. The lowest BCUT2D eigenvalue weighted by Gasteiger charge is -1.99. The van der Waals surface area contributed by atoms with Gasteiger partial charge in [0.1, 0.15) is 28.4 Å². The molecule has 3 heterocycles. The van der Waals surface area contributed by atoms with Gasteiger partial charge in [-0.3, -0.25) is 4.98 Å². The van der Waals surface area contributed by atoms with Crippen LogP contribution in [0, 0.1) is 31.9 Å². The van der Waals surface area contributed by atoms with Gasteiger partial charge in [-0.2, -0.15) is 0 Å². The first-order valence-electron chi connectivity index (χ1n) is 7.53. The maximum Gasteiger partial charge on any atom is 0.147 e. The Morgan fingerprint density at radius 2 is 1.30 bits per heavy atom. The third-order valence-electron chi connectivity index (χ3n) is 2.90. The smallest absolute Gasteiger partial charge is 0.147 e. The van der Waals surface area contributed by atoms with Crippen LogP contribution in [0.3, 0.4) is 0 Å². The monoisotopic (exact) mass is 705 g/mol. The standard InChI is InChI=1S/C6H5I2NO.C6H6INO.C6H7NO/c1-3-2-4(10)6(8)9-5(3)7;1-4-2-5(9)6(7)8-3-4;1-5-2-6(8)4-7-3-5/h2,10H,1H3;2-3,9H,1H3;2-4,8H,1H3. The molecule has 0 fully saturated rings. The van der Waals surface area contributed by atoms with E-state index in [0.717, 1.165) is 20.4 Å². The maximum absolute atomic E-state index is 9.15. The SMILES string of the molecule is Cc1cc(O)c(I)nc1I.Cc1cnc(I)c(O)c1.Cc1cncc(O)c1. The van der Waals surface area contributed by atoms with Crippen molar-refractivity contribution < 1.29 is 15.3 Å². The molecule has 3 aromatic heterocycles. The van der Waals surface area contributed by atoms with Crippen LogP contribution in [0.15, 0.2) is 36.8 Å². The van der Waals surface area contributed by atoms with E-state index in [-0.39, 0.29) is 17.2 Å². The number of rotatable bonds is 0. The number of aromatic nitrogens is 3. The molecule has 0 spiro atoms. The highest BCUT2D eigenvalue weighted by Gasteiger charge is 2.02. The van der Waals surface area contributed by atoms with Crippen LogP contribution >= 0.6 is 67.8 Å². The molecule has 0 amide bonds. The minimum absolute atomic E-state index is 0.227. The van der Waals surface area contributed by atoms with Gasteiger partial charge in [0.25, 0.3) is 0 Å². The molecule has 27 heavy (non-hydrogen) atoms. The van der Waals surface area contributed by atoms with Crippen molar-refractivity contribution in [2.75, 3.05) is 0 Å². The van der Waals surface area contributed by atoms with Crippen LogP contribution < -0.4 is 0 Å². The zero-order valence-electron chi connectivity index (χ0n) is 14.8.